The zero-order chi connectivity index (χ0) is 15.5. The lowest BCUT2D eigenvalue weighted by Crippen LogP contribution is -2.12. The number of anilines is 2. The number of nitrogens with two attached hydrogens (primary N) is 1. The number of nitrogens with zero attached hydrogens (tertiary/aromatic N) is 1. The lowest BCUT2D eigenvalue weighted by Gasteiger charge is -2.13. The van der Waals surface area contributed by atoms with Crippen LogP contribution >= 0.6 is 11.3 Å². The van der Waals surface area contributed by atoms with E-state index in [1.165, 1.54) is 11.3 Å². The van der Waals surface area contributed by atoms with E-state index >= 15 is 0 Å². The Labute approximate surface area is 129 Å². The molecule has 1 aromatic carbocycles. The van der Waals surface area contributed by atoms with E-state index in [2.05, 4.69) is 4.72 Å². The summed E-state index contributed by atoms with van der Waals surface area (Å²) in [6, 6.07) is 10.7. The minimum atomic E-state index is -3.53. The third-order valence-corrected chi connectivity index (χ3v) is 5.95. The summed E-state index contributed by atoms with van der Waals surface area (Å²) in [5.41, 5.74) is 7.04. The van der Waals surface area contributed by atoms with Crippen LogP contribution in [0.15, 0.2) is 40.6 Å². The number of rotatable bonds is 6. The number of thiophene rings is 1. The van der Waals surface area contributed by atoms with Gasteiger partial charge in [0.1, 0.15) is 4.21 Å². The van der Waals surface area contributed by atoms with Crippen molar-refractivity contribution in [2.75, 3.05) is 30.3 Å². The second-order valence-corrected chi connectivity index (χ2v) is 7.88. The van der Waals surface area contributed by atoms with Crippen molar-refractivity contribution < 1.29 is 8.42 Å². The van der Waals surface area contributed by atoms with Gasteiger partial charge in [-0.15, -0.1) is 11.3 Å². The highest BCUT2D eigenvalue weighted by molar-refractivity contribution is 7.94. The number of hydrogen-bond donors (Lipinski definition) is 2. The molecule has 0 bridgehead atoms. The van der Waals surface area contributed by atoms with Gasteiger partial charge in [0.2, 0.25) is 0 Å². The minimum absolute atomic E-state index is 0.308. The van der Waals surface area contributed by atoms with Crippen LogP contribution in [0.2, 0.25) is 0 Å². The molecule has 0 spiro atoms. The van der Waals surface area contributed by atoms with Crippen molar-refractivity contribution in [3.8, 4) is 0 Å². The Morgan fingerprint density at radius 3 is 2.38 bits per heavy atom. The third-order valence-electron chi connectivity index (χ3n) is 2.93. The molecule has 2 rings (SSSR count). The van der Waals surface area contributed by atoms with Crippen molar-refractivity contribution in [2.24, 2.45) is 5.73 Å². The van der Waals surface area contributed by atoms with Crippen molar-refractivity contribution in [1.82, 2.24) is 0 Å². The van der Waals surface area contributed by atoms with E-state index in [0.29, 0.717) is 22.9 Å². The lowest BCUT2D eigenvalue weighted by atomic mass is 10.3. The van der Waals surface area contributed by atoms with Gasteiger partial charge in [-0.25, -0.2) is 8.42 Å². The SMILES string of the molecule is CN(C)c1ccc(NS(=O)(=O)c2ccc(CCN)s2)cc1. The molecule has 0 radical (unpaired) electrons. The normalized spacial score (nSPS) is 11.4. The predicted molar refractivity (Wildman–Crippen MR) is 88.7 cm³/mol. The summed E-state index contributed by atoms with van der Waals surface area (Å²) in [6.07, 6.45) is 0.692. The molecule has 5 nitrogen and oxygen atoms in total. The van der Waals surface area contributed by atoms with Gasteiger partial charge in [-0.3, -0.25) is 4.72 Å². The highest BCUT2D eigenvalue weighted by Crippen LogP contribution is 2.25. The molecule has 0 aliphatic rings. The first kappa shape index (κ1) is 15.8. The first-order chi connectivity index (χ1) is 9.92. The van der Waals surface area contributed by atoms with E-state index in [1.807, 2.05) is 31.1 Å². The number of nitrogens with one attached hydrogen (secondary N) is 1. The number of benzene rings is 1. The molecule has 0 unspecified atom stereocenters. The van der Waals surface area contributed by atoms with Gasteiger partial charge in [0, 0.05) is 30.3 Å². The van der Waals surface area contributed by atoms with Crippen molar-refractivity contribution in [2.45, 2.75) is 10.6 Å². The maximum absolute atomic E-state index is 12.3. The largest absolute Gasteiger partial charge is 0.378 e. The van der Waals surface area contributed by atoms with E-state index < -0.39 is 10.0 Å². The Kier molecular flexibility index (Phi) is 4.87. The molecule has 0 aliphatic heterocycles. The molecule has 3 N–H and O–H groups in total. The molecular weight excluding hydrogens is 306 g/mol. The molecule has 0 saturated heterocycles. The summed E-state index contributed by atoms with van der Waals surface area (Å²) < 4.78 is 27.5. The average Bonchev–Trinajstić information content (AvgIpc) is 2.89. The molecule has 0 atom stereocenters. The van der Waals surface area contributed by atoms with Gasteiger partial charge in [-0.2, -0.15) is 0 Å². The second kappa shape index (κ2) is 6.46. The van der Waals surface area contributed by atoms with Crippen LogP contribution < -0.4 is 15.4 Å². The van der Waals surface area contributed by atoms with Gasteiger partial charge in [-0.1, -0.05) is 0 Å². The summed E-state index contributed by atoms with van der Waals surface area (Å²) >= 11 is 1.25. The molecule has 1 aromatic heterocycles. The van der Waals surface area contributed by atoms with Crippen LogP contribution in [-0.2, 0) is 16.4 Å². The smallest absolute Gasteiger partial charge is 0.271 e. The zero-order valence-corrected chi connectivity index (χ0v) is 13.7. The highest BCUT2D eigenvalue weighted by atomic mass is 32.2. The summed E-state index contributed by atoms with van der Waals surface area (Å²) in [5, 5.41) is 0. The van der Waals surface area contributed by atoms with Gasteiger partial charge >= 0.3 is 0 Å². The van der Waals surface area contributed by atoms with Crippen LogP contribution in [0.1, 0.15) is 4.88 Å². The third kappa shape index (κ3) is 3.96. The fourth-order valence-electron chi connectivity index (χ4n) is 1.81. The molecule has 0 saturated carbocycles. The molecule has 0 aliphatic carbocycles. The average molecular weight is 325 g/mol. The van der Waals surface area contributed by atoms with Crippen molar-refractivity contribution in [3.63, 3.8) is 0 Å². The Bertz CT molecular complexity index is 691. The summed E-state index contributed by atoms with van der Waals surface area (Å²) in [5.74, 6) is 0. The summed E-state index contributed by atoms with van der Waals surface area (Å²) in [4.78, 5) is 2.93. The van der Waals surface area contributed by atoms with Crippen LogP contribution in [0.4, 0.5) is 11.4 Å². The van der Waals surface area contributed by atoms with Crippen LogP contribution in [0.5, 0.6) is 0 Å². The van der Waals surface area contributed by atoms with Gasteiger partial charge < -0.3 is 10.6 Å². The van der Waals surface area contributed by atoms with Crippen LogP contribution in [0.3, 0.4) is 0 Å². The standard InChI is InChI=1S/C14H19N3O2S2/c1-17(2)12-5-3-11(4-6-12)16-21(18,19)14-8-7-13(20-14)9-10-15/h3-8,16H,9-10,15H2,1-2H3. The molecule has 2 aromatic rings. The maximum atomic E-state index is 12.3. The molecule has 0 fully saturated rings. The van der Waals surface area contributed by atoms with Gasteiger partial charge in [-0.05, 0) is 49.4 Å². The second-order valence-electron chi connectivity index (χ2n) is 4.81. The molecule has 0 amide bonds. The van der Waals surface area contributed by atoms with Crippen LogP contribution in [0.25, 0.3) is 0 Å². The molecule has 21 heavy (non-hydrogen) atoms. The molecule has 114 valence electrons. The first-order valence-corrected chi connectivity index (χ1v) is 8.81. The number of sulfonamides is 1. The first-order valence-electron chi connectivity index (χ1n) is 6.51. The monoisotopic (exact) mass is 325 g/mol. The number of hydrogen-bond acceptors (Lipinski definition) is 5. The van der Waals surface area contributed by atoms with Crippen molar-refractivity contribution >= 4 is 32.7 Å². The van der Waals surface area contributed by atoms with E-state index in [0.717, 1.165) is 10.6 Å². The summed E-state index contributed by atoms with van der Waals surface area (Å²) in [7, 11) is 0.339. The summed E-state index contributed by atoms with van der Waals surface area (Å²) in [6.45, 7) is 0.513. The van der Waals surface area contributed by atoms with Crippen molar-refractivity contribution in [3.05, 3.63) is 41.3 Å². The Morgan fingerprint density at radius 2 is 1.81 bits per heavy atom. The van der Waals surface area contributed by atoms with Gasteiger partial charge in [0.25, 0.3) is 10.0 Å². The zero-order valence-electron chi connectivity index (χ0n) is 12.0. The van der Waals surface area contributed by atoms with Crippen LogP contribution in [0, 0.1) is 0 Å². The fourth-order valence-corrected chi connectivity index (χ4v) is 4.24. The molecule has 1 heterocycles. The van der Waals surface area contributed by atoms with Crippen LogP contribution in [-0.4, -0.2) is 29.1 Å². The quantitative estimate of drug-likeness (QED) is 0.853. The Hall–Kier alpha value is -1.57. The van der Waals surface area contributed by atoms with E-state index in [4.69, 9.17) is 5.73 Å². The topological polar surface area (TPSA) is 75.4 Å². The van der Waals surface area contributed by atoms with Gasteiger partial charge in [0.15, 0.2) is 0 Å². The highest BCUT2D eigenvalue weighted by Gasteiger charge is 2.16. The molecule has 7 heteroatoms. The fraction of sp³-hybridized carbons (Fsp3) is 0.286. The van der Waals surface area contributed by atoms with Crippen molar-refractivity contribution in [1.29, 1.82) is 0 Å². The lowest BCUT2D eigenvalue weighted by molar-refractivity contribution is 0.603. The minimum Gasteiger partial charge on any atom is -0.378 e. The predicted octanol–water partition coefficient (Wildman–Crippen LogP) is 2.12. The Morgan fingerprint density at radius 1 is 1.14 bits per heavy atom. The van der Waals surface area contributed by atoms with E-state index in [-0.39, 0.29) is 0 Å². The van der Waals surface area contributed by atoms with E-state index in [9.17, 15) is 8.42 Å². The Balaban J connectivity index is 2.16. The maximum Gasteiger partial charge on any atom is 0.271 e. The van der Waals surface area contributed by atoms with E-state index in [1.54, 1.807) is 24.3 Å². The van der Waals surface area contributed by atoms with Gasteiger partial charge in [0.05, 0.1) is 0 Å². The molecular formula is C14H19N3O2S2.